The lowest BCUT2D eigenvalue weighted by atomic mass is 9.93. The van der Waals surface area contributed by atoms with Gasteiger partial charge in [-0.2, -0.15) is 0 Å². The third-order valence-electron chi connectivity index (χ3n) is 3.90. The highest BCUT2D eigenvalue weighted by Crippen LogP contribution is 2.24. The highest BCUT2D eigenvalue weighted by molar-refractivity contribution is 6.08. The predicted molar refractivity (Wildman–Crippen MR) is 69.0 cm³/mol. The molecule has 2 saturated heterocycles. The predicted octanol–water partition coefficient (Wildman–Crippen LogP) is -0.0443. The molecule has 8 heteroatoms. The molecule has 0 saturated carbocycles. The van der Waals surface area contributed by atoms with E-state index in [2.05, 4.69) is 10.1 Å². The van der Waals surface area contributed by atoms with Crippen LogP contribution in [0.1, 0.15) is 33.1 Å². The van der Waals surface area contributed by atoms with Crippen molar-refractivity contribution in [3.63, 3.8) is 0 Å². The van der Waals surface area contributed by atoms with Crippen molar-refractivity contribution in [1.82, 2.24) is 10.2 Å². The molecule has 0 aliphatic carbocycles. The van der Waals surface area contributed by atoms with Crippen molar-refractivity contribution in [3.8, 4) is 0 Å². The van der Waals surface area contributed by atoms with Crippen molar-refractivity contribution in [2.75, 3.05) is 13.2 Å². The Hall–Kier alpha value is -2.12. The van der Waals surface area contributed by atoms with Crippen LogP contribution in [0.15, 0.2) is 0 Å². The van der Waals surface area contributed by atoms with E-state index >= 15 is 0 Å². The maximum absolute atomic E-state index is 12.3. The molecule has 21 heavy (non-hydrogen) atoms. The van der Waals surface area contributed by atoms with Gasteiger partial charge in [-0.05, 0) is 12.8 Å². The lowest BCUT2D eigenvalue weighted by Gasteiger charge is -2.22. The van der Waals surface area contributed by atoms with E-state index < -0.39 is 42.1 Å². The molecule has 116 valence electrons. The number of carbonyl (C=O) groups excluding carboxylic acids is 4. The molecule has 2 aliphatic heterocycles. The van der Waals surface area contributed by atoms with Gasteiger partial charge >= 0.3 is 18.0 Å². The van der Waals surface area contributed by atoms with Crippen LogP contribution in [-0.2, 0) is 23.9 Å². The normalized spacial score (nSPS) is 24.0. The number of rotatable bonds is 5. The number of esters is 2. The fourth-order valence-electron chi connectivity index (χ4n) is 2.46. The minimum atomic E-state index is -0.955. The zero-order valence-electron chi connectivity index (χ0n) is 12.0. The molecule has 3 amide bonds. The van der Waals surface area contributed by atoms with Gasteiger partial charge in [0.05, 0.1) is 6.61 Å². The maximum Gasteiger partial charge on any atom is 0.347 e. The van der Waals surface area contributed by atoms with E-state index in [9.17, 15) is 19.2 Å². The second-order valence-corrected chi connectivity index (χ2v) is 5.05. The SMILES string of the molecule is CCC1(CC)NC(=O)N(CC(=O)O[C@H]2CCOC2=O)C1=O. The highest BCUT2D eigenvalue weighted by Gasteiger charge is 2.49. The van der Waals surface area contributed by atoms with Crippen molar-refractivity contribution >= 4 is 23.9 Å². The Balaban J connectivity index is 1.99. The van der Waals surface area contributed by atoms with Crippen molar-refractivity contribution in [1.29, 1.82) is 0 Å². The summed E-state index contributed by atoms with van der Waals surface area (Å²) in [5.41, 5.74) is -0.955. The van der Waals surface area contributed by atoms with Gasteiger partial charge in [-0.15, -0.1) is 0 Å². The molecule has 0 spiro atoms. The quantitative estimate of drug-likeness (QED) is 0.564. The lowest BCUT2D eigenvalue weighted by molar-refractivity contribution is -0.161. The van der Waals surface area contributed by atoms with Crippen LogP contribution in [0.3, 0.4) is 0 Å². The number of hydrogen-bond donors (Lipinski definition) is 1. The molecule has 0 aromatic carbocycles. The zero-order valence-corrected chi connectivity index (χ0v) is 12.0. The smallest absolute Gasteiger partial charge is 0.347 e. The Morgan fingerprint density at radius 1 is 1.38 bits per heavy atom. The van der Waals surface area contributed by atoms with E-state index in [0.717, 1.165) is 4.90 Å². The average molecular weight is 298 g/mol. The Kier molecular flexibility index (Phi) is 4.15. The van der Waals surface area contributed by atoms with E-state index in [0.29, 0.717) is 19.3 Å². The minimum Gasteiger partial charge on any atom is -0.463 e. The van der Waals surface area contributed by atoms with Gasteiger partial charge in [-0.1, -0.05) is 13.8 Å². The van der Waals surface area contributed by atoms with Crippen molar-refractivity contribution in [2.24, 2.45) is 0 Å². The van der Waals surface area contributed by atoms with Crippen LogP contribution >= 0.6 is 0 Å². The third-order valence-corrected chi connectivity index (χ3v) is 3.90. The molecule has 1 N–H and O–H groups in total. The molecule has 2 fully saturated rings. The number of amides is 3. The fourth-order valence-corrected chi connectivity index (χ4v) is 2.46. The molecule has 1 atom stereocenters. The molecule has 2 aliphatic rings. The second kappa shape index (κ2) is 5.71. The molecule has 0 unspecified atom stereocenters. The van der Waals surface area contributed by atoms with Crippen LogP contribution in [0.4, 0.5) is 4.79 Å². The van der Waals surface area contributed by atoms with E-state index in [4.69, 9.17) is 4.74 Å². The molecule has 2 rings (SSSR count). The topological polar surface area (TPSA) is 102 Å². The number of ether oxygens (including phenoxy) is 2. The summed E-state index contributed by atoms with van der Waals surface area (Å²) in [6.45, 7) is 3.28. The fraction of sp³-hybridized carbons (Fsp3) is 0.692. The van der Waals surface area contributed by atoms with E-state index in [1.54, 1.807) is 13.8 Å². The van der Waals surface area contributed by atoms with Gasteiger partial charge in [-0.25, -0.2) is 9.59 Å². The summed E-state index contributed by atoms with van der Waals surface area (Å²) in [7, 11) is 0. The van der Waals surface area contributed by atoms with Gasteiger partial charge in [0, 0.05) is 6.42 Å². The molecule has 8 nitrogen and oxygen atoms in total. The van der Waals surface area contributed by atoms with Crippen LogP contribution in [0.5, 0.6) is 0 Å². The van der Waals surface area contributed by atoms with Crippen molar-refractivity contribution in [3.05, 3.63) is 0 Å². The first-order valence-electron chi connectivity index (χ1n) is 6.93. The van der Waals surface area contributed by atoms with Crippen LogP contribution in [-0.4, -0.2) is 53.6 Å². The molecule has 0 aromatic rings. The van der Waals surface area contributed by atoms with E-state index in [1.165, 1.54) is 0 Å². The molecule has 0 aromatic heterocycles. The molecular formula is C13H18N2O6. The standard InChI is InChI=1S/C13H18N2O6/c1-3-13(4-2)11(18)15(12(19)14-13)7-9(16)21-8-5-6-20-10(8)17/h8H,3-7H2,1-2H3,(H,14,19)/t8-/m0/s1. The Bertz CT molecular complexity index is 485. The third kappa shape index (κ3) is 2.70. The van der Waals surface area contributed by atoms with Crippen molar-refractivity contribution < 1.29 is 28.7 Å². The Morgan fingerprint density at radius 3 is 2.52 bits per heavy atom. The molecule has 0 radical (unpaired) electrons. The maximum atomic E-state index is 12.3. The second-order valence-electron chi connectivity index (χ2n) is 5.05. The first kappa shape index (κ1) is 15.3. The van der Waals surface area contributed by atoms with Gasteiger partial charge < -0.3 is 14.8 Å². The number of nitrogens with one attached hydrogen (secondary N) is 1. The van der Waals surface area contributed by atoms with Gasteiger partial charge in [-0.3, -0.25) is 14.5 Å². The molecule has 0 bridgehead atoms. The van der Waals surface area contributed by atoms with Gasteiger partial charge in [0.1, 0.15) is 12.1 Å². The van der Waals surface area contributed by atoms with E-state index in [-0.39, 0.29) is 6.61 Å². The van der Waals surface area contributed by atoms with Crippen molar-refractivity contribution in [2.45, 2.75) is 44.8 Å². The average Bonchev–Trinajstić information content (AvgIpc) is 2.95. The summed E-state index contributed by atoms with van der Waals surface area (Å²) in [5, 5.41) is 2.61. The number of cyclic esters (lactones) is 1. The largest absolute Gasteiger partial charge is 0.463 e. The number of hydrogen-bond acceptors (Lipinski definition) is 6. The van der Waals surface area contributed by atoms with Gasteiger partial charge in [0.2, 0.25) is 6.10 Å². The summed E-state index contributed by atoms with van der Waals surface area (Å²) >= 11 is 0. The summed E-state index contributed by atoms with van der Waals surface area (Å²) in [5.74, 6) is -1.84. The number of carbonyl (C=O) groups is 4. The monoisotopic (exact) mass is 298 g/mol. The minimum absolute atomic E-state index is 0.203. The summed E-state index contributed by atoms with van der Waals surface area (Å²) < 4.78 is 9.60. The summed E-state index contributed by atoms with van der Waals surface area (Å²) in [6, 6.07) is -0.616. The number of imide groups is 1. The van der Waals surface area contributed by atoms with Crippen LogP contribution in [0.2, 0.25) is 0 Å². The highest BCUT2D eigenvalue weighted by atomic mass is 16.6. The Morgan fingerprint density at radius 2 is 2.05 bits per heavy atom. The zero-order chi connectivity index (χ0) is 15.6. The first-order valence-corrected chi connectivity index (χ1v) is 6.93. The molecule has 2 heterocycles. The first-order chi connectivity index (χ1) is 9.93. The molecular weight excluding hydrogens is 280 g/mol. The van der Waals surface area contributed by atoms with Crippen LogP contribution in [0, 0.1) is 0 Å². The Labute approximate surface area is 121 Å². The lowest BCUT2D eigenvalue weighted by Crippen LogP contribution is -2.46. The summed E-state index contributed by atoms with van der Waals surface area (Å²) in [4.78, 5) is 47.9. The van der Waals surface area contributed by atoms with Gasteiger partial charge in [0.15, 0.2) is 0 Å². The van der Waals surface area contributed by atoms with Crippen LogP contribution in [0.25, 0.3) is 0 Å². The number of urea groups is 1. The number of nitrogens with zero attached hydrogens (tertiary/aromatic N) is 1. The van der Waals surface area contributed by atoms with Gasteiger partial charge in [0.25, 0.3) is 5.91 Å². The van der Waals surface area contributed by atoms with Crippen LogP contribution < -0.4 is 5.32 Å². The summed E-state index contributed by atoms with van der Waals surface area (Å²) in [6.07, 6.45) is 0.224. The van der Waals surface area contributed by atoms with E-state index in [1.807, 2.05) is 0 Å².